The van der Waals surface area contributed by atoms with Gasteiger partial charge in [-0.15, -0.1) is 0 Å². The largest absolute Gasteiger partial charge is 0.333 e. The zero-order valence-electron chi connectivity index (χ0n) is 11.2. The van der Waals surface area contributed by atoms with Crippen molar-refractivity contribution in [3.63, 3.8) is 0 Å². The Morgan fingerprint density at radius 2 is 2.15 bits per heavy atom. The zero-order valence-corrected chi connectivity index (χ0v) is 12.7. The molecule has 3 rings (SSSR count). The Labute approximate surface area is 129 Å². The molecule has 20 heavy (non-hydrogen) atoms. The standard InChI is InChI=1S/C16H17Cl2NO/c17-12-6-4-11(15(18)10-12)5-9-16(20)19-13-2-1-3-14(19)8-7-13/h1-2,4,6,10,13-14H,3,5,7-9H2/t13-,14-/m0/s1. The first-order valence-corrected chi connectivity index (χ1v) is 7.82. The highest BCUT2D eigenvalue weighted by atomic mass is 35.5. The van der Waals surface area contributed by atoms with Gasteiger partial charge in [0.2, 0.25) is 5.91 Å². The van der Waals surface area contributed by atoms with E-state index in [1.54, 1.807) is 6.07 Å². The Morgan fingerprint density at radius 1 is 1.30 bits per heavy atom. The summed E-state index contributed by atoms with van der Waals surface area (Å²) in [4.78, 5) is 14.5. The molecule has 0 radical (unpaired) electrons. The monoisotopic (exact) mass is 309 g/mol. The Bertz CT molecular complexity index is 555. The molecule has 2 aliphatic heterocycles. The van der Waals surface area contributed by atoms with Crippen LogP contribution in [0, 0.1) is 0 Å². The second kappa shape index (κ2) is 5.79. The fraction of sp³-hybridized carbons (Fsp3) is 0.438. The Morgan fingerprint density at radius 3 is 2.90 bits per heavy atom. The molecule has 2 aliphatic rings. The van der Waals surface area contributed by atoms with E-state index in [0.717, 1.165) is 24.8 Å². The summed E-state index contributed by atoms with van der Waals surface area (Å²) in [6, 6.07) is 6.19. The molecule has 1 aromatic carbocycles. The Kier molecular flexibility index (Phi) is 4.04. The van der Waals surface area contributed by atoms with Crippen LogP contribution in [0.15, 0.2) is 30.4 Å². The van der Waals surface area contributed by atoms with Gasteiger partial charge in [-0.1, -0.05) is 41.4 Å². The summed E-state index contributed by atoms with van der Waals surface area (Å²) >= 11 is 12.0. The number of fused-ring (bicyclic) bond motifs is 2. The number of hydrogen-bond donors (Lipinski definition) is 0. The third-order valence-electron chi connectivity index (χ3n) is 4.22. The average Bonchev–Trinajstić information content (AvgIpc) is 2.67. The molecule has 2 heterocycles. The summed E-state index contributed by atoms with van der Waals surface area (Å²) in [7, 11) is 0. The number of halogens is 2. The van der Waals surface area contributed by atoms with Crippen LogP contribution in [-0.2, 0) is 11.2 Å². The molecule has 0 N–H and O–H groups in total. The van der Waals surface area contributed by atoms with Crippen LogP contribution >= 0.6 is 23.2 Å². The molecular formula is C16H17Cl2NO. The first-order valence-electron chi connectivity index (χ1n) is 7.07. The highest BCUT2D eigenvalue weighted by Gasteiger charge is 2.36. The van der Waals surface area contributed by atoms with Gasteiger partial charge in [0.1, 0.15) is 0 Å². The van der Waals surface area contributed by atoms with E-state index >= 15 is 0 Å². The van der Waals surface area contributed by atoms with Gasteiger partial charge >= 0.3 is 0 Å². The number of rotatable bonds is 3. The van der Waals surface area contributed by atoms with Gasteiger partial charge in [0.15, 0.2) is 0 Å². The minimum Gasteiger partial charge on any atom is -0.333 e. The zero-order chi connectivity index (χ0) is 14.1. The maximum absolute atomic E-state index is 12.4. The van der Waals surface area contributed by atoms with Crippen molar-refractivity contribution in [1.29, 1.82) is 0 Å². The molecule has 1 amide bonds. The number of carbonyl (C=O) groups is 1. The predicted octanol–water partition coefficient (Wildman–Crippen LogP) is 4.25. The lowest BCUT2D eigenvalue weighted by atomic mass is 10.1. The fourth-order valence-electron chi connectivity index (χ4n) is 3.21. The molecule has 1 fully saturated rings. The number of aryl methyl sites for hydroxylation is 1. The van der Waals surface area contributed by atoms with E-state index in [1.807, 2.05) is 12.1 Å². The van der Waals surface area contributed by atoms with Crippen molar-refractivity contribution in [2.45, 2.75) is 44.2 Å². The molecule has 2 nitrogen and oxygen atoms in total. The predicted molar refractivity (Wildman–Crippen MR) is 82.2 cm³/mol. The molecule has 2 atom stereocenters. The summed E-state index contributed by atoms with van der Waals surface area (Å²) < 4.78 is 0. The fourth-order valence-corrected chi connectivity index (χ4v) is 3.71. The van der Waals surface area contributed by atoms with Crippen LogP contribution < -0.4 is 0 Å². The average molecular weight is 310 g/mol. The van der Waals surface area contributed by atoms with E-state index in [4.69, 9.17) is 23.2 Å². The second-order valence-electron chi connectivity index (χ2n) is 5.50. The summed E-state index contributed by atoms with van der Waals surface area (Å²) in [5.41, 5.74) is 0.990. The van der Waals surface area contributed by atoms with Crippen LogP contribution in [0.25, 0.3) is 0 Å². The molecule has 0 aromatic heterocycles. The summed E-state index contributed by atoms with van der Waals surface area (Å²) in [6.07, 6.45) is 8.82. The minimum atomic E-state index is 0.243. The molecule has 0 unspecified atom stereocenters. The summed E-state index contributed by atoms with van der Waals surface area (Å²) in [5.74, 6) is 0.243. The van der Waals surface area contributed by atoms with Crippen molar-refractivity contribution in [3.8, 4) is 0 Å². The first-order chi connectivity index (χ1) is 9.65. The van der Waals surface area contributed by atoms with Gasteiger partial charge in [-0.2, -0.15) is 0 Å². The number of benzene rings is 1. The first kappa shape index (κ1) is 14.0. The van der Waals surface area contributed by atoms with Crippen LogP contribution in [0.3, 0.4) is 0 Å². The lowest BCUT2D eigenvalue weighted by Gasteiger charge is -2.31. The second-order valence-corrected chi connectivity index (χ2v) is 6.34. The minimum absolute atomic E-state index is 0.243. The maximum atomic E-state index is 12.4. The normalized spacial score (nSPS) is 24.2. The van der Waals surface area contributed by atoms with Crippen LogP contribution in [0.4, 0.5) is 0 Å². The van der Waals surface area contributed by atoms with Crippen molar-refractivity contribution >= 4 is 29.1 Å². The van der Waals surface area contributed by atoms with E-state index in [9.17, 15) is 4.79 Å². The molecule has 0 saturated carbocycles. The Hall–Kier alpha value is -0.990. The molecule has 2 bridgehead atoms. The number of carbonyl (C=O) groups excluding carboxylic acids is 1. The van der Waals surface area contributed by atoms with E-state index in [-0.39, 0.29) is 5.91 Å². The SMILES string of the molecule is O=C(CCc1ccc(Cl)cc1Cl)N1[C@H]2CC=C[C@H]1CC2. The van der Waals surface area contributed by atoms with Crippen LogP contribution in [0.5, 0.6) is 0 Å². The number of nitrogens with zero attached hydrogens (tertiary/aromatic N) is 1. The van der Waals surface area contributed by atoms with Gasteiger partial charge in [-0.25, -0.2) is 0 Å². The molecular weight excluding hydrogens is 293 g/mol. The maximum Gasteiger partial charge on any atom is 0.223 e. The van der Waals surface area contributed by atoms with Gasteiger partial charge in [-0.3, -0.25) is 4.79 Å². The van der Waals surface area contributed by atoms with Crippen molar-refractivity contribution in [2.75, 3.05) is 0 Å². The van der Waals surface area contributed by atoms with Gasteiger partial charge in [-0.05, 0) is 43.4 Å². The van der Waals surface area contributed by atoms with Crippen LogP contribution in [0.2, 0.25) is 10.0 Å². The van der Waals surface area contributed by atoms with E-state index in [0.29, 0.717) is 35.0 Å². The third kappa shape index (κ3) is 2.72. The number of hydrogen-bond acceptors (Lipinski definition) is 1. The smallest absolute Gasteiger partial charge is 0.223 e. The Balaban J connectivity index is 1.64. The van der Waals surface area contributed by atoms with Gasteiger partial charge in [0.05, 0.1) is 6.04 Å². The van der Waals surface area contributed by atoms with Crippen LogP contribution in [-0.4, -0.2) is 22.9 Å². The highest BCUT2D eigenvalue weighted by Crippen LogP contribution is 2.32. The quantitative estimate of drug-likeness (QED) is 0.765. The van der Waals surface area contributed by atoms with Crippen molar-refractivity contribution < 1.29 is 4.79 Å². The molecule has 0 aliphatic carbocycles. The topological polar surface area (TPSA) is 20.3 Å². The molecule has 1 aromatic rings. The van der Waals surface area contributed by atoms with Crippen molar-refractivity contribution in [3.05, 3.63) is 46.0 Å². The lowest BCUT2D eigenvalue weighted by Crippen LogP contribution is -2.42. The molecule has 106 valence electrons. The molecule has 1 saturated heterocycles. The van der Waals surface area contributed by atoms with E-state index in [1.165, 1.54) is 0 Å². The lowest BCUT2D eigenvalue weighted by molar-refractivity contribution is -0.133. The molecule has 0 spiro atoms. The van der Waals surface area contributed by atoms with Gasteiger partial charge < -0.3 is 4.90 Å². The highest BCUT2D eigenvalue weighted by molar-refractivity contribution is 6.35. The summed E-state index contributed by atoms with van der Waals surface area (Å²) in [5, 5.41) is 1.27. The van der Waals surface area contributed by atoms with Crippen LogP contribution in [0.1, 0.15) is 31.2 Å². The van der Waals surface area contributed by atoms with E-state index in [2.05, 4.69) is 17.1 Å². The van der Waals surface area contributed by atoms with Crippen molar-refractivity contribution in [2.24, 2.45) is 0 Å². The molecule has 4 heteroatoms. The van der Waals surface area contributed by atoms with Gasteiger partial charge in [0, 0.05) is 22.5 Å². The summed E-state index contributed by atoms with van der Waals surface area (Å²) in [6.45, 7) is 0. The van der Waals surface area contributed by atoms with E-state index < -0.39 is 0 Å². The van der Waals surface area contributed by atoms with Gasteiger partial charge in [0.25, 0.3) is 0 Å². The third-order valence-corrected chi connectivity index (χ3v) is 4.81. The van der Waals surface area contributed by atoms with Crippen molar-refractivity contribution in [1.82, 2.24) is 4.90 Å². The number of amides is 1.